The van der Waals surface area contributed by atoms with Crippen LogP contribution in [0, 0.1) is 0 Å². The Labute approximate surface area is 166 Å². The Balaban J connectivity index is 1.53. The lowest BCUT2D eigenvalue weighted by atomic mass is 9.76. The molecule has 0 bridgehead atoms. The summed E-state index contributed by atoms with van der Waals surface area (Å²) >= 11 is 0. The van der Waals surface area contributed by atoms with Crippen molar-refractivity contribution in [3.8, 4) is 17.0 Å². The fourth-order valence-corrected chi connectivity index (χ4v) is 3.85. The minimum atomic E-state index is -2.99. The van der Waals surface area contributed by atoms with Gasteiger partial charge in [0.25, 0.3) is 0 Å². The molecule has 2 aliphatic heterocycles. The molecule has 0 aromatic carbocycles. The molecule has 0 radical (unpaired) electrons. The van der Waals surface area contributed by atoms with Crippen molar-refractivity contribution >= 4 is 11.9 Å². The minimum Gasteiger partial charge on any atom is -0.444 e. The lowest BCUT2D eigenvalue weighted by molar-refractivity contribution is -0.0494. The van der Waals surface area contributed by atoms with Crippen molar-refractivity contribution in [1.82, 2.24) is 19.7 Å². The summed E-state index contributed by atoms with van der Waals surface area (Å²) in [5, 5.41) is 4.58. The van der Waals surface area contributed by atoms with Crippen molar-refractivity contribution in [2.45, 2.75) is 51.4 Å². The molecule has 10 heteroatoms. The van der Waals surface area contributed by atoms with Gasteiger partial charge in [0.2, 0.25) is 0 Å². The summed E-state index contributed by atoms with van der Waals surface area (Å²) in [7, 11) is 0. The van der Waals surface area contributed by atoms with Gasteiger partial charge in [0.15, 0.2) is 11.6 Å². The summed E-state index contributed by atoms with van der Waals surface area (Å²) in [5.74, 6) is -0.288. The normalized spacial score (nSPS) is 17.4. The zero-order valence-corrected chi connectivity index (χ0v) is 16.5. The van der Waals surface area contributed by atoms with E-state index in [4.69, 9.17) is 10.5 Å². The summed E-state index contributed by atoms with van der Waals surface area (Å²) in [6.45, 7) is 4.37. The van der Waals surface area contributed by atoms with Crippen LogP contribution < -0.4 is 10.5 Å². The summed E-state index contributed by atoms with van der Waals surface area (Å²) in [5.41, 5.74) is 7.06. The van der Waals surface area contributed by atoms with Crippen molar-refractivity contribution in [3.05, 3.63) is 24.0 Å². The molecule has 1 amide bonds. The van der Waals surface area contributed by atoms with E-state index in [2.05, 4.69) is 14.8 Å². The second-order valence-corrected chi connectivity index (χ2v) is 8.49. The number of hydrogen-bond donors (Lipinski definition) is 1. The number of nitrogens with zero attached hydrogens (tertiary/aromatic N) is 4. The molecule has 1 fully saturated rings. The average molecular weight is 407 g/mol. The molecule has 2 aromatic heterocycles. The van der Waals surface area contributed by atoms with Crippen molar-refractivity contribution in [3.63, 3.8) is 0 Å². The van der Waals surface area contributed by atoms with Crippen LogP contribution in [-0.2, 0) is 16.7 Å². The molecule has 0 saturated carbocycles. The number of carbonyl (C=O) groups is 1. The topological polar surface area (TPSA) is 95.5 Å². The minimum absolute atomic E-state index is 0.107. The second-order valence-electron chi connectivity index (χ2n) is 8.49. The first kappa shape index (κ1) is 19.4. The molecular formula is C19H23F2N5O3. The molecule has 1 saturated heterocycles. The van der Waals surface area contributed by atoms with Crippen molar-refractivity contribution < 1.29 is 23.0 Å². The zero-order valence-electron chi connectivity index (χ0n) is 16.5. The van der Waals surface area contributed by atoms with Crippen molar-refractivity contribution in [1.29, 1.82) is 0 Å². The van der Waals surface area contributed by atoms with Crippen LogP contribution in [0.4, 0.5) is 19.4 Å². The maximum Gasteiger partial charge on any atom is 0.410 e. The predicted octanol–water partition coefficient (Wildman–Crippen LogP) is 3.02. The Kier molecular flexibility index (Phi) is 4.39. The van der Waals surface area contributed by atoms with Gasteiger partial charge in [-0.15, -0.1) is 0 Å². The quantitative estimate of drug-likeness (QED) is 0.840. The Morgan fingerprint density at radius 2 is 2.03 bits per heavy atom. The Bertz CT molecular complexity index is 948. The van der Waals surface area contributed by atoms with Gasteiger partial charge in [0.05, 0.1) is 5.69 Å². The van der Waals surface area contributed by atoms with Crippen LogP contribution in [-0.4, -0.2) is 51.1 Å². The Morgan fingerprint density at radius 1 is 1.31 bits per heavy atom. The van der Waals surface area contributed by atoms with Gasteiger partial charge < -0.3 is 20.1 Å². The molecule has 0 aliphatic carbocycles. The number of likely N-dealkylation sites (tertiary alicyclic amines) is 1. The number of fused-ring (bicyclic) bond motifs is 2. The van der Waals surface area contributed by atoms with E-state index in [0.29, 0.717) is 24.3 Å². The maximum atomic E-state index is 12.6. The van der Waals surface area contributed by atoms with E-state index in [1.165, 1.54) is 12.3 Å². The van der Waals surface area contributed by atoms with Gasteiger partial charge in [-0.1, -0.05) is 0 Å². The number of ether oxygens (including phenoxy) is 2. The molecule has 1 spiro atoms. The van der Waals surface area contributed by atoms with E-state index in [1.807, 2.05) is 31.5 Å². The van der Waals surface area contributed by atoms with Crippen molar-refractivity contribution in [2.24, 2.45) is 0 Å². The van der Waals surface area contributed by atoms with Crippen LogP contribution in [0.15, 0.2) is 18.3 Å². The lowest BCUT2D eigenvalue weighted by Gasteiger charge is -2.47. The summed E-state index contributed by atoms with van der Waals surface area (Å²) < 4.78 is 36.9. The Morgan fingerprint density at radius 3 is 2.69 bits per heavy atom. The SMILES string of the molecule is CC(C)(C)OC(=O)N1CC2(CCn3nc(-c4cnc(N)c(OC(F)F)c4)cc32)C1. The highest BCUT2D eigenvalue weighted by Crippen LogP contribution is 2.44. The smallest absolute Gasteiger partial charge is 0.410 e. The van der Waals surface area contributed by atoms with Gasteiger partial charge in [0, 0.05) is 42.5 Å². The summed E-state index contributed by atoms with van der Waals surface area (Å²) in [4.78, 5) is 17.9. The third-order valence-corrected chi connectivity index (χ3v) is 5.16. The molecule has 8 nitrogen and oxygen atoms in total. The number of alkyl halides is 2. The monoisotopic (exact) mass is 407 g/mol. The van der Waals surface area contributed by atoms with Gasteiger partial charge in [0.1, 0.15) is 5.60 Å². The number of rotatable bonds is 3. The molecule has 156 valence electrons. The van der Waals surface area contributed by atoms with Gasteiger partial charge >= 0.3 is 12.7 Å². The number of pyridine rings is 1. The third-order valence-electron chi connectivity index (χ3n) is 5.16. The fourth-order valence-electron chi connectivity index (χ4n) is 3.85. The number of halogens is 2. The number of nitrogen functional groups attached to an aromatic ring is 1. The molecule has 2 N–H and O–H groups in total. The average Bonchev–Trinajstić information content (AvgIpc) is 3.12. The molecule has 4 rings (SSSR count). The number of nitrogens with two attached hydrogens (primary N) is 1. The first-order valence-corrected chi connectivity index (χ1v) is 9.33. The summed E-state index contributed by atoms with van der Waals surface area (Å²) in [6, 6.07) is 3.33. The van der Waals surface area contributed by atoms with Gasteiger partial charge in [-0.05, 0) is 39.3 Å². The lowest BCUT2D eigenvalue weighted by Crippen LogP contribution is -2.61. The number of anilines is 1. The van der Waals surface area contributed by atoms with Crippen LogP contribution in [0.5, 0.6) is 5.75 Å². The van der Waals surface area contributed by atoms with E-state index < -0.39 is 12.2 Å². The molecule has 2 aliphatic rings. The first-order chi connectivity index (χ1) is 13.6. The standard InChI is InChI=1S/C19H23F2N5O3/c1-18(2,3)29-17(27)25-9-19(10-25)4-5-26-14(19)7-12(24-26)11-6-13(28-16(20)21)15(22)23-8-11/h6-8,16H,4-5,9-10H2,1-3H3,(H2,22,23). The van der Waals surface area contributed by atoms with E-state index in [1.54, 1.807) is 4.90 Å². The highest BCUT2D eigenvalue weighted by molar-refractivity contribution is 5.71. The van der Waals surface area contributed by atoms with E-state index in [9.17, 15) is 13.6 Å². The molecule has 0 unspecified atom stereocenters. The van der Waals surface area contributed by atoms with Crippen molar-refractivity contribution in [2.75, 3.05) is 18.8 Å². The maximum absolute atomic E-state index is 12.6. The molecule has 0 atom stereocenters. The van der Waals surface area contributed by atoms with Crippen LogP contribution in [0.3, 0.4) is 0 Å². The summed E-state index contributed by atoms with van der Waals surface area (Å²) in [6.07, 6.45) is 2.04. The van der Waals surface area contributed by atoms with Crippen LogP contribution in [0.2, 0.25) is 0 Å². The zero-order chi connectivity index (χ0) is 21.0. The van der Waals surface area contributed by atoms with E-state index in [-0.39, 0.29) is 23.1 Å². The number of aryl methyl sites for hydroxylation is 1. The van der Waals surface area contributed by atoms with Crippen LogP contribution >= 0.6 is 0 Å². The fraction of sp³-hybridized carbons (Fsp3) is 0.526. The highest BCUT2D eigenvalue weighted by atomic mass is 19.3. The second kappa shape index (κ2) is 6.57. The number of carbonyl (C=O) groups excluding carboxylic acids is 1. The van der Waals surface area contributed by atoms with Crippen LogP contribution in [0.25, 0.3) is 11.3 Å². The van der Waals surface area contributed by atoms with Gasteiger partial charge in [-0.2, -0.15) is 13.9 Å². The highest BCUT2D eigenvalue weighted by Gasteiger charge is 2.52. The molecular weight excluding hydrogens is 384 g/mol. The van der Waals surface area contributed by atoms with E-state index >= 15 is 0 Å². The largest absolute Gasteiger partial charge is 0.444 e. The number of hydrogen-bond acceptors (Lipinski definition) is 6. The molecule has 4 heterocycles. The van der Waals surface area contributed by atoms with E-state index in [0.717, 1.165) is 18.7 Å². The third kappa shape index (κ3) is 3.58. The predicted molar refractivity (Wildman–Crippen MR) is 101 cm³/mol. The van der Waals surface area contributed by atoms with Crippen LogP contribution in [0.1, 0.15) is 32.9 Å². The molecule has 29 heavy (non-hydrogen) atoms. The van der Waals surface area contributed by atoms with Gasteiger partial charge in [-0.25, -0.2) is 9.78 Å². The Hall–Kier alpha value is -2.91. The first-order valence-electron chi connectivity index (χ1n) is 9.33. The number of aromatic nitrogens is 3. The number of amides is 1. The molecule has 2 aromatic rings. The van der Waals surface area contributed by atoms with Gasteiger partial charge in [-0.3, -0.25) is 4.68 Å².